The van der Waals surface area contributed by atoms with Gasteiger partial charge in [-0.1, -0.05) is 23.2 Å². The number of anilines is 1. The second-order valence-electron chi connectivity index (χ2n) is 6.75. The number of rotatable bonds is 6. The topological polar surface area (TPSA) is 103 Å². The summed E-state index contributed by atoms with van der Waals surface area (Å²) in [6.07, 6.45) is 4.86. The fourth-order valence-corrected chi connectivity index (χ4v) is 3.62. The number of hydrogen-bond donors (Lipinski definition) is 1. The molecule has 0 saturated carbocycles. The normalized spacial score (nSPS) is 10.6. The van der Waals surface area contributed by atoms with Gasteiger partial charge in [0.05, 0.1) is 22.5 Å². The Hall–Kier alpha value is -3.65. The largest absolute Gasteiger partial charge is 0.368 e. The van der Waals surface area contributed by atoms with Gasteiger partial charge >= 0.3 is 0 Å². The average molecular weight is 448 g/mol. The minimum absolute atomic E-state index is 0.297. The summed E-state index contributed by atoms with van der Waals surface area (Å²) in [6.45, 7) is 0.634. The van der Waals surface area contributed by atoms with Gasteiger partial charge in [0.1, 0.15) is 17.7 Å². The molecular weight excluding hydrogens is 433 g/mol. The molecule has 9 heteroatoms. The van der Waals surface area contributed by atoms with Crippen LogP contribution in [0.1, 0.15) is 23.4 Å². The van der Waals surface area contributed by atoms with Crippen molar-refractivity contribution in [3.8, 4) is 23.4 Å². The Morgan fingerprint density at radius 1 is 1.06 bits per heavy atom. The average Bonchev–Trinajstić information content (AvgIpc) is 3.20. The van der Waals surface area contributed by atoms with E-state index in [4.69, 9.17) is 33.4 Å². The Morgan fingerprint density at radius 2 is 1.94 bits per heavy atom. The first-order chi connectivity index (χ1) is 15.1. The van der Waals surface area contributed by atoms with Crippen molar-refractivity contribution >= 4 is 34.5 Å². The van der Waals surface area contributed by atoms with Crippen LogP contribution in [0.25, 0.3) is 16.8 Å². The lowest BCUT2D eigenvalue weighted by atomic mass is 10.1. The van der Waals surface area contributed by atoms with Gasteiger partial charge in [-0.15, -0.1) is 0 Å². The van der Waals surface area contributed by atoms with Gasteiger partial charge in [-0.05, 0) is 43.2 Å². The highest BCUT2D eigenvalue weighted by molar-refractivity contribution is 6.36. The van der Waals surface area contributed by atoms with E-state index in [1.807, 2.05) is 6.07 Å². The number of nitriles is 2. The second-order valence-corrected chi connectivity index (χ2v) is 7.59. The molecule has 0 unspecified atom stereocenters. The Labute approximate surface area is 188 Å². The summed E-state index contributed by atoms with van der Waals surface area (Å²) >= 11 is 12.4. The van der Waals surface area contributed by atoms with Gasteiger partial charge in [-0.25, -0.2) is 9.50 Å². The lowest BCUT2D eigenvalue weighted by Gasteiger charge is -2.11. The zero-order valence-electron chi connectivity index (χ0n) is 16.2. The van der Waals surface area contributed by atoms with Crippen LogP contribution in [0.5, 0.6) is 0 Å². The molecule has 3 aromatic heterocycles. The van der Waals surface area contributed by atoms with Crippen molar-refractivity contribution in [3.63, 3.8) is 0 Å². The van der Waals surface area contributed by atoms with Crippen LogP contribution in [0.4, 0.5) is 5.82 Å². The fourth-order valence-electron chi connectivity index (χ4n) is 3.12. The molecule has 0 fully saturated rings. The van der Waals surface area contributed by atoms with Crippen molar-refractivity contribution in [2.45, 2.75) is 12.8 Å². The predicted octanol–water partition coefficient (Wildman–Crippen LogP) is 4.89. The van der Waals surface area contributed by atoms with Crippen molar-refractivity contribution in [2.75, 3.05) is 11.9 Å². The molecule has 0 aliphatic carbocycles. The Kier molecular flexibility index (Phi) is 5.99. The molecular formula is C22H15Cl2N7. The number of benzene rings is 1. The Morgan fingerprint density at radius 3 is 2.65 bits per heavy atom. The molecule has 4 rings (SSSR count). The molecule has 0 amide bonds. The smallest absolute Gasteiger partial charge is 0.163 e. The number of nitrogens with one attached hydrogen (secondary N) is 1. The summed E-state index contributed by atoms with van der Waals surface area (Å²) in [6, 6.07) is 14.6. The second kappa shape index (κ2) is 9.01. The molecule has 0 atom stereocenters. The maximum Gasteiger partial charge on any atom is 0.163 e. The number of pyridine rings is 1. The molecule has 7 nitrogen and oxygen atoms in total. The fraction of sp³-hybridized carbons (Fsp3) is 0.136. The van der Waals surface area contributed by atoms with E-state index in [1.165, 1.54) is 0 Å². The Bertz CT molecular complexity index is 1330. The van der Waals surface area contributed by atoms with E-state index in [1.54, 1.807) is 47.2 Å². The van der Waals surface area contributed by atoms with E-state index in [0.29, 0.717) is 50.4 Å². The highest BCUT2D eigenvalue weighted by Gasteiger charge is 2.13. The van der Waals surface area contributed by atoms with Crippen molar-refractivity contribution < 1.29 is 0 Å². The number of aromatic nitrogens is 4. The van der Waals surface area contributed by atoms with Crippen molar-refractivity contribution in [2.24, 2.45) is 0 Å². The summed E-state index contributed by atoms with van der Waals surface area (Å²) in [5, 5.41) is 26.7. The van der Waals surface area contributed by atoms with Crippen LogP contribution in [0.2, 0.25) is 10.0 Å². The number of aryl methyl sites for hydroxylation is 1. The molecule has 0 radical (unpaired) electrons. The van der Waals surface area contributed by atoms with Crippen LogP contribution in [0.3, 0.4) is 0 Å². The quantitative estimate of drug-likeness (QED) is 0.422. The summed E-state index contributed by atoms with van der Waals surface area (Å²) in [7, 11) is 0. The highest BCUT2D eigenvalue weighted by Crippen LogP contribution is 2.31. The SMILES string of the molecule is N#Cc1ccc(CCCNc2nc(-c3ccc(Cl)cc3Cl)cn3nc(C#N)cc23)nc1. The summed E-state index contributed by atoms with van der Waals surface area (Å²) in [4.78, 5) is 9.00. The molecule has 0 bridgehead atoms. The van der Waals surface area contributed by atoms with Gasteiger partial charge in [0.2, 0.25) is 0 Å². The molecule has 1 aromatic carbocycles. The molecule has 31 heavy (non-hydrogen) atoms. The number of halogens is 2. The van der Waals surface area contributed by atoms with Crippen molar-refractivity contribution in [1.29, 1.82) is 10.5 Å². The zero-order chi connectivity index (χ0) is 21.8. The van der Waals surface area contributed by atoms with Gasteiger partial charge in [-0.2, -0.15) is 15.6 Å². The van der Waals surface area contributed by atoms with Crippen LogP contribution in [-0.4, -0.2) is 26.1 Å². The summed E-state index contributed by atoms with van der Waals surface area (Å²) < 4.78 is 1.62. The van der Waals surface area contributed by atoms with Crippen LogP contribution in [0.15, 0.2) is 48.8 Å². The van der Waals surface area contributed by atoms with Gasteiger partial charge < -0.3 is 5.32 Å². The lowest BCUT2D eigenvalue weighted by Crippen LogP contribution is -2.08. The lowest BCUT2D eigenvalue weighted by molar-refractivity contribution is 0.831. The zero-order valence-corrected chi connectivity index (χ0v) is 17.7. The van der Waals surface area contributed by atoms with Gasteiger partial charge in [-0.3, -0.25) is 4.98 Å². The van der Waals surface area contributed by atoms with Crippen molar-refractivity contribution in [3.05, 3.63) is 75.8 Å². The standard InChI is InChI=1S/C22H15Cl2N7/c23-15-4-6-18(19(24)8-15)20-13-31-21(9-17(11-26)30-31)22(29-20)27-7-1-2-16-5-3-14(10-25)12-28-16/h3-6,8-9,12-13H,1-2,7H2,(H,27,29). The third kappa shape index (κ3) is 4.59. The number of hydrogen-bond acceptors (Lipinski definition) is 6. The number of fused-ring (bicyclic) bond motifs is 1. The van der Waals surface area contributed by atoms with E-state index in [9.17, 15) is 5.26 Å². The molecule has 0 aliphatic heterocycles. The molecule has 1 N–H and O–H groups in total. The maximum atomic E-state index is 9.24. The molecule has 0 saturated heterocycles. The van der Waals surface area contributed by atoms with Gasteiger partial charge in [0.25, 0.3) is 0 Å². The van der Waals surface area contributed by atoms with E-state index >= 15 is 0 Å². The molecule has 3 heterocycles. The van der Waals surface area contributed by atoms with Gasteiger partial charge in [0.15, 0.2) is 11.5 Å². The van der Waals surface area contributed by atoms with Crippen LogP contribution < -0.4 is 5.32 Å². The third-order valence-electron chi connectivity index (χ3n) is 4.63. The first-order valence-corrected chi connectivity index (χ1v) is 10.2. The van der Waals surface area contributed by atoms with Crippen molar-refractivity contribution in [1.82, 2.24) is 19.6 Å². The van der Waals surface area contributed by atoms with E-state index in [-0.39, 0.29) is 0 Å². The predicted molar refractivity (Wildman–Crippen MR) is 119 cm³/mol. The molecule has 0 aliphatic rings. The van der Waals surface area contributed by atoms with E-state index in [2.05, 4.69) is 27.5 Å². The van der Waals surface area contributed by atoms with E-state index < -0.39 is 0 Å². The van der Waals surface area contributed by atoms with E-state index in [0.717, 1.165) is 18.5 Å². The third-order valence-corrected chi connectivity index (χ3v) is 5.18. The Balaban J connectivity index is 1.57. The molecule has 152 valence electrons. The highest BCUT2D eigenvalue weighted by atomic mass is 35.5. The first kappa shape index (κ1) is 20.6. The maximum absolute atomic E-state index is 9.24. The summed E-state index contributed by atoms with van der Waals surface area (Å²) in [5.41, 5.74) is 3.77. The van der Waals surface area contributed by atoms with Gasteiger partial charge in [0, 0.05) is 35.1 Å². The van der Waals surface area contributed by atoms with Crippen LogP contribution in [0, 0.1) is 22.7 Å². The minimum Gasteiger partial charge on any atom is -0.368 e. The first-order valence-electron chi connectivity index (χ1n) is 9.42. The number of nitrogens with zero attached hydrogens (tertiary/aromatic N) is 6. The van der Waals surface area contributed by atoms with Crippen LogP contribution >= 0.6 is 23.2 Å². The minimum atomic E-state index is 0.297. The monoisotopic (exact) mass is 447 g/mol. The molecule has 4 aromatic rings. The van der Waals surface area contributed by atoms with Crippen LogP contribution in [-0.2, 0) is 6.42 Å². The molecule has 0 spiro atoms. The summed E-state index contributed by atoms with van der Waals surface area (Å²) in [5.74, 6) is 0.602.